The number of hydrogen-bond donors (Lipinski definition) is 4. The molecule has 2 aromatic carbocycles. The van der Waals surface area contributed by atoms with Crippen LogP contribution in [0.15, 0.2) is 36.4 Å². The highest BCUT2D eigenvalue weighted by Crippen LogP contribution is 2.41. The van der Waals surface area contributed by atoms with Gasteiger partial charge < -0.3 is 35.5 Å². The van der Waals surface area contributed by atoms with Gasteiger partial charge in [0.2, 0.25) is 5.91 Å². The van der Waals surface area contributed by atoms with Crippen molar-refractivity contribution in [1.29, 1.82) is 0 Å². The predicted molar refractivity (Wildman–Crippen MR) is 147 cm³/mol. The number of carbonyl (C=O) groups excluding carboxylic acids is 1. The Hall–Kier alpha value is -4.32. The number of anilines is 1. The van der Waals surface area contributed by atoms with Crippen LogP contribution in [0.2, 0.25) is 0 Å². The number of methoxy groups -OCH3 is 1. The van der Waals surface area contributed by atoms with Gasteiger partial charge >= 0.3 is 24.3 Å². The number of carboxylic acid groups (broad SMARTS) is 2. The fourth-order valence-electron chi connectivity index (χ4n) is 4.53. The van der Waals surface area contributed by atoms with Crippen LogP contribution in [0.25, 0.3) is 0 Å². The Morgan fingerprint density at radius 1 is 1.02 bits per heavy atom. The molecule has 46 heavy (non-hydrogen) atoms. The highest BCUT2D eigenvalue weighted by atomic mass is 19.4. The van der Waals surface area contributed by atoms with Crippen LogP contribution in [-0.4, -0.2) is 90.3 Å². The maximum Gasteiger partial charge on any atom is 0.490 e. The molecule has 256 valence electrons. The summed E-state index contributed by atoms with van der Waals surface area (Å²) >= 11 is 0. The molecule has 0 bridgehead atoms. The average molecular weight is 672 g/mol. The zero-order valence-corrected chi connectivity index (χ0v) is 24.5. The van der Waals surface area contributed by atoms with Crippen molar-refractivity contribution in [3.05, 3.63) is 47.8 Å². The molecule has 1 saturated heterocycles. The second-order valence-electron chi connectivity index (χ2n) is 10.1. The molecule has 1 atom stereocenters. The van der Waals surface area contributed by atoms with Gasteiger partial charge in [0.25, 0.3) is 0 Å². The molecule has 1 amide bonds. The Morgan fingerprint density at radius 2 is 1.59 bits per heavy atom. The van der Waals surface area contributed by atoms with Gasteiger partial charge in [0.05, 0.1) is 18.8 Å². The van der Waals surface area contributed by atoms with Crippen LogP contribution in [0, 0.1) is 5.82 Å². The van der Waals surface area contributed by atoms with E-state index in [0.29, 0.717) is 30.3 Å². The fraction of sp³-hybridized carbons (Fsp3) is 0.464. The molecule has 0 aliphatic carbocycles. The molecule has 11 nitrogen and oxygen atoms in total. The van der Waals surface area contributed by atoms with Gasteiger partial charge in [-0.15, -0.1) is 0 Å². The van der Waals surface area contributed by atoms with Crippen LogP contribution < -0.4 is 25.3 Å². The zero-order valence-electron chi connectivity index (χ0n) is 24.5. The highest BCUT2D eigenvalue weighted by molar-refractivity contribution is 5.90. The number of carboxylic acids is 2. The van der Waals surface area contributed by atoms with E-state index in [-0.39, 0.29) is 23.4 Å². The molecule has 5 N–H and O–H groups in total. The molecule has 1 unspecified atom stereocenters. The van der Waals surface area contributed by atoms with Crippen molar-refractivity contribution < 1.29 is 69.5 Å². The summed E-state index contributed by atoms with van der Waals surface area (Å²) in [6.07, 6.45) is -7.74. The van der Waals surface area contributed by atoms with Gasteiger partial charge in [0.15, 0.2) is 0 Å². The second-order valence-corrected chi connectivity index (χ2v) is 10.1. The van der Waals surface area contributed by atoms with Crippen molar-refractivity contribution in [3.63, 3.8) is 0 Å². The molecule has 18 heteroatoms. The maximum atomic E-state index is 13.6. The second kappa shape index (κ2) is 15.8. The number of fused-ring (bicyclic) bond motifs is 1. The molecular formula is C28H32F7N3O8. The highest BCUT2D eigenvalue weighted by Gasteiger charge is 2.43. The maximum absolute atomic E-state index is 13.6. The molecule has 2 aliphatic heterocycles. The number of piperidine rings is 1. The van der Waals surface area contributed by atoms with Crippen molar-refractivity contribution in [2.45, 2.75) is 50.2 Å². The normalized spacial score (nSPS) is 16.0. The van der Waals surface area contributed by atoms with E-state index in [0.717, 1.165) is 43.7 Å². The number of aliphatic carboxylic acids is 2. The Balaban J connectivity index is 0.000000440. The first-order chi connectivity index (χ1) is 21.3. The summed E-state index contributed by atoms with van der Waals surface area (Å²) in [5, 5.41) is 17.0. The molecule has 2 aromatic rings. The minimum Gasteiger partial charge on any atom is -0.497 e. The van der Waals surface area contributed by atoms with Crippen molar-refractivity contribution in [3.8, 4) is 17.2 Å². The van der Waals surface area contributed by atoms with Crippen molar-refractivity contribution in [2.24, 2.45) is 5.73 Å². The largest absolute Gasteiger partial charge is 0.497 e. The number of nitrogens with one attached hydrogen (secondary N) is 1. The van der Waals surface area contributed by atoms with E-state index in [1.54, 1.807) is 37.4 Å². The molecule has 0 saturated carbocycles. The lowest BCUT2D eigenvalue weighted by atomic mass is 9.86. The lowest BCUT2D eigenvalue weighted by Gasteiger charge is -2.41. The van der Waals surface area contributed by atoms with E-state index >= 15 is 0 Å². The summed E-state index contributed by atoms with van der Waals surface area (Å²) in [6.45, 7) is 3.92. The number of carbonyl (C=O) groups is 3. The van der Waals surface area contributed by atoms with Crippen LogP contribution in [0.3, 0.4) is 0 Å². The summed E-state index contributed by atoms with van der Waals surface area (Å²) < 4.78 is 94.7. The minimum atomic E-state index is -5.08. The number of ether oxygens (including phenoxy) is 3. The van der Waals surface area contributed by atoms with Gasteiger partial charge in [0.1, 0.15) is 35.3 Å². The van der Waals surface area contributed by atoms with Gasteiger partial charge in [-0.1, -0.05) is 0 Å². The summed E-state index contributed by atoms with van der Waals surface area (Å²) in [5.74, 6) is -3.93. The number of nitrogens with zero attached hydrogens (tertiary/aromatic N) is 1. The third-order valence-electron chi connectivity index (χ3n) is 6.78. The number of likely N-dealkylation sites (tertiary alicyclic amines) is 1. The van der Waals surface area contributed by atoms with Crippen LogP contribution >= 0.6 is 0 Å². The lowest BCUT2D eigenvalue weighted by Crippen LogP contribution is -2.53. The van der Waals surface area contributed by atoms with E-state index in [1.165, 1.54) is 13.0 Å². The van der Waals surface area contributed by atoms with Crippen molar-refractivity contribution >= 4 is 23.5 Å². The first-order valence-electron chi connectivity index (χ1n) is 13.4. The number of amides is 1. The molecular weight excluding hydrogens is 639 g/mol. The number of alkyl halides is 6. The van der Waals surface area contributed by atoms with Crippen LogP contribution in [0.1, 0.15) is 25.3 Å². The lowest BCUT2D eigenvalue weighted by molar-refractivity contribution is -0.193. The summed E-state index contributed by atoms with van der Waals surface area (Å²) in [5.41, 5.74) is 7.36. The Morgan fingerprint density at radius 3 is 2.07 bits per heavy atom. The SMILES string of the molecule is COc1ccc(NC(C)=O)c(OCC(CN)N2CCC3(CC2)Cc2cc(F)ccc2O3)c1.O=C(O)C(F)(F)F.O=C(O)C(F)(F)F. The average Bonchev–Trinajstić information content (AvgIpc) is 3.31. The van der Waals surface area contributed by atoms with Crippen LogP contribution in [-0.2, 0) is 20.8 Å². The first kappa shape index (κ1) is 37.9. The topological polar surface area (TPSA) is 161 Å². The zero-order chi connectivity index (χ0) is 34.9. The standard InChI is InChI=1S/C24H30FN3O4.2C2HF3O2/c1-16(29)27-21-5-4-20(30-2)12-23(21)31-15-19(14-26)28-9-7-24(8-10-28)13-17-11-18(25)3-6-22(17)32-24;2*3-2(4,5)1(6)7/h3-6,11-12,19H,7-10,13-15,26H2,1-2H3,(H,27,29);2*(H,6,7). The molecule has 2 aliphatic rings. The number of nitrogens with two attached hydrogens (primary N) is 1. The third kappa shape index (κ3) is 11.2. The van der Waals surface area contributed by atoms with Gasteiger partial charge in [-0.25, -0.2) is 14.0 Å². The fourth-order valence-corrected chi connectivity index (χ4v) is 4.53. The van der Waals surface area contributed by atoms with Crippen molar-refractivity contribution in [2.75, 3.05) is 38.7 Å². The van der Waals surface area contributed by atoms with E-state index in [4.69, 9.17) is 39.7 Å². The molecule has 0 aromatic heterocycles. The first-order valence-corrected chi connectivity index (χ1v) is 13.4. The Kier molecular flexibility index (Phi) is 13.0. The summed E-state index contributed by atoms with van der Waals surface area (Å²) in [7, 11) is 1.58. The summed E-state index contributed by atoms with van der Waals surface area (Å²) in [6, 6.07) is 10.1. The molecule has 4 rings (SSSR count). The summed E-state index contributed by atoms with van der Waals surface area (Å²) in [4.78, 5) is 31.6. The van der Waals surface area contributed by atoms with E-state index in [9.17, 15) is 35.5 Å². The van der Waals surface area contributed by atoms with Crippen LogP contribution in [0.5, 0.6) is 17.2 Å². The molecule has 1 spiro atoms. The Bertz CT molecular complexity index is 1340. The van der Waals surface area contributed by atoms with E-state index in [1.807, 2.05) is 0 Å². The monoisotopic (exact) mass is 671 g/mol. The van der Waals surface area contributed by atoms with Gasteiger partial charge in [0, 0.05) is 57.5 Å². The number of benzene rings is 2. The molecule has 0 radical (unpaired) electrons. The third-order valence-corrected chi connectivity index (χ3v) is 6.78. The number of rotatable bonds is 7. The predicted octanol–water partition coefficient (Wildman–Crippen LogP) is 4.24. The molecule has 1 fully saturated rings. The quantitative estimate of drug-likeness (QED) is 0.314. The van der Waals surface area contributed by atoms with Crippen molar-refractivity contribution in [1.82, 2.24) is 4.90 Å². The van der Waals surface area contributed by atoms with Gasteiger partial charge in [-0.3, -0.25) is 9.69 Å². The van der Waals surface area contributed by atoms with Gasteiger partial charge in [-0.05, 0) is 30.3 Å². The van der Waals surface area contributed by atoms with Crippen LogP contribution in [0.4, 0.5) is 36.4 Å². The minimum absolute atomic E-state index is 0.0185. The smallest absolute Gasteiger partial charge is 0.490 e. The number of halogens is 7. The number of hydrogen-bond acceptors (Lipinski definition) is 8. The van der Waals surface area contributed by atoms with E-state index in [2.05, 4.69) is 10.2 Å². The van der Waals surface area contributed by atoms with Gasteiger partial charge in [-0.2, -0.15) is 26.3 Å². The Labute approximate surface area is 258 Å². The molecule has 2 heterocycles. The van der Waals surface area contributed by atoms with E-state index < -0.39 is 24.3 Å².